The van der Waals surface area contributed by atoms with Crippen LogP contribution >= 0.6 is 23.1 Å². The van der Waals surface area contributed by atoms with E-state index in [0.29, 0.717) is 16.2 Å². The second-order valence-corrected chi connectivity index (χ2v) is 7.73. The lowest BCUT2D eigenvalue weighted by molar-refractivity contribution is -0.130. The zero-order valence-electron chi connectivity index (χ0n) is 12.5. The number of hydrogen-bond acceptors (Lipinski definition) is 4. The van der Waals surface area contributed by atoms with Gasteiger partial charge < -0.3 is 10.2 Å². The Balaban J connectivity index is 1.77. The molecule has 1 saturated carbocycles. The molecule has 0 unspecified atom stereocenters. The largest absolute Gasteiger partial charge is 0.342 e. The summed E-state index contributed by atoms with van der Waals surface area (Å²) in [7, 11) is 1.85. The lowest BCUT2D eigenvalue weighted by atomic mass is 10.2. The molecule has 2 amide bonds. The van der Waals surface area contributed by atoms with Gasteiger partial charge in [-0.25, -0.2) is 0 Å². The molecule has 1 N–H and O–H groups in total. The molecule has 1 aliphatic carbocycles. The quantitative estimate of drug-likeness (QED) is 0.874. The minimum Gasteiger partial charge on any atom is -0.342 e. The predicted octanol–water partition coefficient (Wildman–Crippen LogP) is 2.61. The van der Waals surface area contributed by atoms with Crippen LogP contribution in [0.2, 0.25) is 0 Å². The number of hydrogen-bond donors (Lipinski definition) is 1. The van der Waals surface area contributed by atoms with Crippen molar-refractivity contribution in [3.05, 3.63) is 22.4 Å². The lowest BCUT2D eigenvalue weighted by Gasteiger charge is -2.24. The predicted molar refractivity (Wildman–Crippen MR) is 89.0 cm³/mol. The monoisotopic (exact) mass is 326 g/mol. The van der Waals surface area contributed by atoms with Gasteiger partial charge in [-0.15, -0.1) is 11.3 Å². The van der Waals surface area contributed by atoms with Crippen molar-refractivity contribution in [2.24, 2.45) is 0 Å². The van der Waals surface area contributed by atoms with Gasteiger partial charge >= 0.3 is 0 Å². The molecule has 0 aliphatic heterocycles. The molecule has 1 aliphatic rings. The number of likely N-dealkylation sites (N-methyl/N-ethyl adjacent to an activating group) is 1. The number of amides is 2. The van der Waals surface area contributed by atoms with Gasteiger partial charge in [0.2, 0.25) is 5.91 Å². The summed E-state index contributed by atoms with van der Waals surface area (Å²) in [5, 5.41) is 5.23. The summed E-state index contributed by atoms with van der Waals surface area (Å²) in [4.78, 5) is 26.4. The van der Waals surface area contributed by atoms with Crippen molar-refractivity contribution >= 4 is 34.9 Å². The Hall–Kier alpha value is -1.01. The molecule has 2 atom stereocenters. The van der Waals surface area contributed by atoms with Crippen LogP contribution in [0.4, 0.5) is 0 Å². The average molecular weight is 326 g/mol. The van der Waals surface area contributed by atoms with E-state index in [4.69, 9.17) is 0 Å². The highest BCUT2D eigenvalue weighted by atomic mass is 32.2. The molecule has 116 valence electrons. The van der Waals surface area contributed by atoms with E-state index in [1.165, 1.54) is 17.8 Å². The molecule has 2 rings (SSSR count). The highest BCUT2D eigenvalue weighted by Crippen LogP contribution is 2.32. The van der Waals surface area contributed by atoms with Crippen molar-refractivity contribution in [2.45, 2.75) is 37.5 Å². The number of thiophene rings is 1. The van der Waals surface area contributed by atoms with Crippen LogP contribution in [0, 0.1) is 0 Å². The standard InChI is InChI=1S/C15H22N2O2S2/c1-3-20-12-7-6-11(9-12)17(2)14(18)10-16-15(19)13-5-4-8-21-13/h4-5,8,11-12H,3,6-7,9-10H2,1-2H3,(H,16,19)/t11-,12-/m1/s1. The van der Waals surface area contributed by atoms with Crippen LogP contribution in [-0.2, 0) is 4.79 Å². The Bertz CT molecular complexity index is 476. The second-order valence-electron chi connectivity index (χ2n) is 5.21. The number of carbonyl (C=O) groups excluding carboxylic acids is 2. The maximum Gasteiger partial charge on any atom is 0.261 e. The van der Waals surface area contributed by atoms with E-state index in [1.807, 2.05) is 35.2 Å². The van der Waals surface area contributed by atoms with Gasteiger partial charge in [0.15, 0.2) is 0 Å². The zero-order valence-corrected chi connectivity index (χ0v) is 14.1. The molecule has 6 heteroatoms. The highest BCUT2D eigenvalue weighted by molar-refractivity contribution is 7.99. The smallest absolute Gasteiger partial charge is 0.261 e. The third-order valence-corrected chi connectivity index (χ3v) is 5.95. The van der Waals surface area contributed by atoms with Crippen LogP contribution < -0.4 is 5.32 Å². The third-order valence-electron chi connectivity index (χ3n) is 3.85. The molecule has 21 heavy (non-hydrogen) atoms. The average Bonchev–Trinajstić information content (AvgIpc) is 3.15. The summed E-state index contributed by atoms with van der Waals surface area (Å²) in [5.74, 6) is 0.955. The molecule has 4 nitrogen and oxygen atoms in total. The first kappa shape index (κ1) is 16.4. The van der Waals surface area contributed by atoms with Crippen LogP contribution in [0.25, 0.3) is 0 Å². The minimum absolute atomic E-state index is 0.00736. The number of thioether (sulfide) groups is 1. The SMILES string of the molecule is CCS[C@@H]1CC[C@@H](N(C)C(=O)CNC(=O)c2cccs2)C1. The topological polar surface area (TPSA) is 49.4 Å². The van der Waals surface area contributed by atoms with E-state index in [9.17, 15) is 9.59 Å². The molecule has 0 aromatic carbocycles. The van der Waals surface area contributed by atoms with E-state index in [-0.39, 0.29) is 18.4 Å². The van der Waals surface area contributed by atoms with Crippen molar-refractivity contribution < 1.29 is 9.59 Å². The van der Waals surface area contributed by atoms with Crippen molar-refractivity contribution in [3.63, 3.8) is 0 Å². The van der Waals surface area contributed by atoms with Gasteiger partial charge in [-0.3, -0.25) is 9.59 Å². The summed E-state index contributed by atoms with van der Waals surface area (Å²) < 4.78 is 0. The maximum absolute atomic E-state index is 12.2. The van der Waals surface area contributed by atoms with Crippen LogP contribution in [0.3, 0.4) is 0 Å². The van der Waals surface area contributed by atoms with Gasteiger partial charge in [0.25, 0.3) is 5.91 Å². The molecule has 1 heterocycles. The lowest BCUT2D eigenvalue weighted by Crippen LogP contribution is -2.42. The van der Waals surface area contributed by atoms with E-state index in [2.05, 4.69) is 12.2 Å². The Morgan fingerprint density at radius 3 is 2.95 bits per heavy atom. The molecular formula is C15H22N2O2S2. The molecule has 1 aromatic heterocycles. The van der Waals surface area contributed by atoms with Gasteiger partial charge in [-0.1, -0.05) is 13.0 Å². The van der Waals surface area contributed by atoms with Gasteiger partial charge in [0.05, 0.1) is 11.4 Å². The van der Waals surface area contributed by atoms with Crippen LogP contribution in [-0.4, -0.2) is 47.4 Å². The van der Waals surface area contributed by atoms with Gasteiger partial charge in [0.1, 0.15) is 0 Å². The Kier molecular flexibility index (Phi) is 6.11. The fraction of sp³-hybridized carbons (Fsp3) is 0.600. The Labute approximate surface area is 134 Å². The zero-order chi connectivity index (χ0) is 15.2. The Morgan fingerprint density at radius 2 is 2.29 bits per heavy atom. The van der Waals surface area contributed by atoms with Crippen molar-refractivity contribution in [2.75, 3.05) is 19.3 Å². The fourth-order valence-electron chi connectivity index (χ4n) is 2.64. The summed E-state index contributed by atoms with van der Waals surface area (Å²) in [5.41, 5.74) is 0. The molecule has 0 bridgehead atoms. The van der Waals surface area contributed by atoms with Crippen LogP contribution in [0.5, 0.6) is 0 Å². The first-order valence-electron chi connectivity index (χ1n) is 7.30. The first-order chi connectivity index (χ1) is 10.1. The molecule has 1 aromatic rings. The number of rotatable bonds is 6. The van der Waals surface area contributed by atoms with E-state index < -0.39 is 0 Å². The Morgan fingerprint density at radius 1 is 1.48 bits per heavy atom. The number of nitrogens with zero attached hydrogens (tertiary/aromatic N) is 1. The maximum atomic E-state index is 12.2. The van der Waals surface area contributed by atoms with Gasteiger partial charge in [-0.05, 0) is 36.5 Å². The summed E-state index contributed by atoms with van der Waals surface area (Å²) >= 11 is 3.36. The number of nitrogens with one attached hydrogen (secondary N) is 1. The molecular weight excluding hydrogens is 304 g/mol. The first-order valence-corrected chi connectivity index (χ1v) is 9.23. The molecule has 1 fully saturated rings. The minimum atomic E-state index is -0.169. The van der Waals surface area contributed by atoms with Crippen molar-refractivity contribution in [1.82, 2.24) is 10.2 Å². The highest BCUT2D eigenvalue weighted by Gasteiger charge is 2.29. The number of carbonyl (C=O) groups is 2. The molecule has 0 saturated heterocycles. The van der Waals surface area contributed by atoms with Crippen molar-refractivity contribution in [3.8, 4) is 0 Å². The van der Waals surface area contributed by atoms with Crippen molar-refractivity contribution in [1.29, 1.82) is 0 Å². The summed E-state index contributed by atoms with van der Waals surface area (Å²) in [6, 6.07) is 3.91. The van der Waals surface area contributed by atoms with Gasteiger partial charge in [0, 0.05) is 18.3 Å². The third kappa shape index (κ3) is 4.48. The van der Waals surface area contributed by atoms with Gasteiger partial charge in [-0.2, -0.15) is 11.8 Å². The fourth-order valence-corrected chi connectivity index (χ4v) is 4.41. The van der Waals surface area contributed by atoms with E-state index in [1.54, 1.807) is 6.07 Å². The molecule has 0 radical (unpaired) electrons. The normalized spacial score (nSPS) is 21.2. The second kappa shape index (κ2) is 7.84. The van der Waals surface area contributed by atoms with E-state index in [0.717, 1.165) is 18.6 Å². The molecule has 0 spiro atoms. The van der Waals surface area contributed by atoms with E-state index >= 15 is 0 Å². The summed E-state index contributed by atoms with van der Waals surface area (Å²) in [6.07, 6.45) is 3.32. The van der Waals surface area contributed by atoms with Crippen LogP contribution in [0.15, 0.2) is 17.5 Å². The van der Waals surface area contributed by atoms with Crippen LogP contribution in [0.1, 0.15) is 35.9 Å². The summed E-state index contributed by atoms with van der Waals surface area (Å²) in [6.45, 7) is 2.25.